The Hall–Kier alpha value is -3.57. The van der Waals surface area contributed by atoms with Crippen molar-refractivity contribution in [2.24, 2.45) is 0 Å². The van der Waals surface area contributed by atoms with Crippen LogP contribution >= 0.6 is 11.6 Å². The third kappa shape index (κ3) is 4.53. The van der Waals surface area contributed by atoms with E-state index >= 15 is 0 Å². The summed E-state index contributed by atoms with van der Waals surface area (Å²) in [6, 6.07) is 23.6. The molecule has 0 bridgehead atoms. The second-order valence-corrected chi connectivity index (χ2v) is 7.07. The molecule has 0 fully saturated rings. The molecule has 1 aromatic heterocycles. The van der Waals surface area contributed by atoms with E-state index in [0.717, 1.165) is 22.1 Å². The van der Waals surface area contributed by atoms with Crippen LogP contribution < -0.4 is 15.7 Å². The summed E-state index contributed by atoms with van der Waals surface area (Å²) in [7, 11) is 0. The standard InChI is InChI=1S/C24H18ClNO4/c25-21-9-5-4-8-17(21)14-26-23(27)15-29-18-10-11-19-20(16-6-2-1-3-7-16)13-24(28)30-22(19)12-18/h1-13H,14-15H2,(H,26,27). The van der Waals surface area contributed by atoms with Gasteiger partial charge in [0.05, 0.1) is 0 Å². The first-order chi connectivity index (χ1) is 14.6. The number of carbonyl (C=O) groups is 1. The quantitative estimate of drug-likeness (QED) is 0.455. The molecule has 3 aromatic carbocycles. The van der Waals surface area contributed by atoms with E-state index in [9.17, 15) is 9.59 Å². The van der Waals surface area contributed by atoms with Crippen LogP contribution in [0.1, 0.15) is 5.56 Å². The molecule has 0 saturated carbocycles. The third-order valence-corrected chi connectivity index (χ3v) is 4.97. The summed E-state index contributed by atoms with van der Waals surface area (Å²) in [5, 5.41) is 4.15. The van der Waals surface area contributed by atoms with Crippen LogP contribution in [0.2, 0.25) is 5.02 Å². The molecule has 4 aromatic rings. The Balaban J connectivity index is 1.47. The molecule has 0 unspecified atom stereocenters. The minimum Gasteiger partial charge on any atom is -0.484 e. The smallest absolute Gasteiger partial charge is 0.336 e. The summed E-state index contributed by atoms with van der Waals surface area (Å²) in [4.78, 5) is 24.1. The number of fused-ring (bicyclic) bond motifs is 1. The first-order valence-corrected chi connectivity index (χ1v) is 9.74. The maximum atomic E-state index is 12.1. The van der Waals surface area contributed by atoms with Gasteiger partial charge in [-0.25, -0.2) is 4.79 Å². The van der Waals surface area contributed by atoms with Gasteiger partial charge >= 0.3 is 5.63 Å². The molecule has 6 heteroatoms. The van der Waals surface area contributed by atoms with Gasteiger partial charge in [-0.2, -0.15) is 0 Å². The molecular weight excluding hydrogens is 402 g/mol. The number of hydrogen-bond acceptors (Lipinski definition) is 4. The molecule has 0 spiro atoms. The van der Waals surface area contributed by atoms with Crippen LogP contribution in [0.25, 0.3) is 22.1 Å². The SMILES string of the molecule is O=C(COc1ccc2c(-c3ccccc3)cc(=O)oc2c1)NCc1ccccc1Cl. The first kappa shape index (κ1) is 19.7. The van der Waals surface area contributed by atoms with Crippen molar-refractivity contribution in [2.45, 2.75) is 6.54 Å². The van der Waals surface area contributed by atoms with E-state index in [1.807, 2.05) is 54.6 Å². The second-order valence-electron chi connectivity index (χ2n) is 6.66. The maximum Gasteiger partial charge on any atom is 0.336 e. The number of benzene rings is 3. The Morgan fingerprint density at radius 2 is 1.73 bits per heavy atom. The summed E-state index contributed by atoms with van der Waals surface area (Å²) in [5.41, 5.74) is 2.48. The normalized spacial score (nSPS) is 10.7. The van der Waals surface area contributed by atoms with E-state index in [4.69, 9.17) is 20.8 Å². The van der Waals surface area contributed by atoms with E-state index in [2.05, 4.69) is 5.32 Å². The topological polar surface area (TPSA) is 68.5 Å². The Morgan fingerprint density at radius 3 is 2.53 bits per heavy atom. The van der Waals surface area contributed by atoms with Crippen molar-refractivity contribution in [1.82, 2.24) is 5.32 Å². The average Bonchev–Trinajstić information content (AvgIpc) is 2.77. The van der Waals surface area contributed by atoms with Crippen molar-refractivity contribution in [2.75, 3.05) is 6.61 Å². The van der Waals surface area contributed by atoms with Gasteiger partial charge in [0.2, 0.25) is 0 Å². The van der Waals surface area contributed by atoms with E-state index in [0.29, 0.717) is 22.9 Å². The average molecular weight is 420 g/mol. The van der Waals surface area contributed by atoms with Gasteiger partial charge in [-0.3, -0.25) is 4.79 Å². The zero-order valence-corrected chi connectivity index (χ0v) is 16.7. The lowest BCUT2D eigenvalue weighted by Gasteiger charge is -2.10. The predicted molar refractivity (Wildman–Crippen MR) is 117 cm³/mol. The minimum atomic E-state index is -0.448. The van der Waals surface area contributed by atoms with Gasteiger partial charge in [0, 0.05) is 29.1 Å². The number of amides is 1. The molecule has 0 radical (unpaired) electrons. The molecule has 1 N–H and O–H groups in total. The highest BCUT2D eigenvalue weighted by Crippen LogP contribution is 2.29. The van der Waals surface area contributed by atoms with Gasteiger partial charge < -0.3 is 14.5 Å². The highest BCUT2D eigenvalue weighted by Gasteiger charge is 2.10. The Kier molecular flexibility index (Phi) is 5.82. The summed E-state index contributed by atoms with van der Waals surface area (Å²) in [5.74, 6) is 0.151. The molecule has 0 aliphatic heterocycles. The lowest BCUT2D eigenvalue weighted by atomic mass is 10.0. The van der Waals surface area contributed by atoms with Crippen molar-refractivity contribution >= 4 is 28.5 Å². The van der Waals surface area contributed by atoms with E-state index in [1.165, 1.54) is 6.07 Å². The van der Waals surface area contributed by atoms with Crippen molar-refractivity contribution in [3.63, 3.8) is 0 Å². The number of halogens is 1. The van der Waals surface area contributed by atoms with Crippen LogP contribution in [0.4, 0.5) is 0 Å². The Labute approximate surface area is 177 Å². The van der Waals surface area contributed by atoms with Crippen LogP contribution in [-0.4, -0.2) is 12.5 Å². The highest BCUT2D eigenvalue weighted by molar-refractivity contribution is 6.31. The second kappa shape index (κ2) is 8.84. The fourth-order valence-corrected chi connectivity index (χ4v) is 3.33. The molecule has 0 atom stereocenters. The Bertz CT molecular complexity index is 1250. The van der Waals surface area contributed by atoms with Gasteiger partial charge in [-0.1, -0.05) is 60.1 Å². The van der Waals surface area contributed by atoms with E-state index in [1.54, 1.807) is 18.2 Å². The largest absolute Gasteiger partial charge is 0.484 e. The number of rotatable bonds is 6. The fourth-order valence-electron chi connectivity index (χ4n) is 3.12. The minimum absolute atomic E-state index is 0.168. The van der Waals surface area contributed by atoms with Gasteiger partial charge in [-0.15, -0.1) is 0 Å². The third-order valence-electron chi connectivity index (χ3n) is 4.60. The summed E-state index contributed by atoms with van der Waals surface area (Å²) >= 11 is 6.09. The number of ether oxygens (including phenoxy) is 1. The first-order valence-electron chi connectivity index (χ1n) is 9.36. The molecule has 5 nitrogen and oxygen atoms in total. The number of hydrogen-bond donors (Lipinski definition) is 1. The number of nitrogens with one attached hydrogen (secondary N) is 1. The maximum absolute atomic E-state index is 12.1. The van der Waals surface area contributed by atoms with E-state index in [-0.39, 0.29) is 12.5 Å². The zero-order valence-electron chi connectivity index (χ0n) is 15.9. The van der Waals surface area contributed by atoms with E-state index < -0.39 is 5.63 Å². The molecular formula is C24H18ClNO4. The molecule has 0 aliphatic carbocycles. The Morgan fingerprint density at radius 1 is 0.967 bits per heavy atom. The van der Waals surface area contributed by atoms with Gasteiger partial charge in [0.25, 0.3) is 5.91 Å². The van der Waals surface area contributed by atoms with Crippen LogP contribution in [0.3, 0.4) is 0 Å². The fraction of sp³-hybridized carbons (Fsp3) is 0.0833. The van der Waals surface area contributed by atoms with Crippen molar-refractivity contribution in [3.05, 3.63) is 99.9 Å². The van der Waals surface area contributed by atoms with Crippen LogP contribution in [-0.2, 0) is 11.3 Å². The molecule has 150 valence electrons. The van der Waals surface area contributed by atoms with Crippen molar-refractivity contribution < 1.29 is 13.9 Å². The van der Waals surface area contributed by atoms with Gasteiger partial charge in [-0.05, 0) is 34.9 Å². The van der Waals surface area contributed by atoms with Gasteiger partial charge in [0.15, 0.2) is 6.61 Å². The molecule has 0 saturated heterocycles. The van der Waals surface area contributed by atoms with Crippen LogP contribution in [0.5, 0.6) is 5.75 Å². The molecule has 30 heavy (non-hydrogen) atoms. The molecule has 4 rings (SSSR count). The summed E-state index contributed by atoms with van der Waals surface area (Å²) in [6.07, 6.45) is 0. The summed E-state index contributed by atoms with van der Waals surface area (Å²) in [6.45, 7) is 0.146. The highest BCUT2D eigenvalue weighted by atomic mass is 35.5. The molecule has 1 heterocycles. The number of carbonyl (C=O) groups excluding carboxylic acids is 1. The lowest BCUT2D eigenvalue weighted by molar-refractivity contribution is -0.123. The molecule has 1 amide bonds. The zero-order chi connectivity index (χ0) is 20.9. The van der Waals surface area contributed by atoms with Gasteiger partial charge in [0.1, 0.15) is 11.3 Å². The van der Waals surface area contributed by atoms with Crippen molar-refractivity contribution in [3.8, 4) is 16.9 Å². The van der Waals surface area contributed by atoms with Crippen molar-refractivity contribution in [1.29, 1.82) is 0 Å². The van der Waals surface area contributed by atoms with Crippen LogP contribution in [0.15, 0.2) is 88.1 Å². The molecule has 0 aliphatic rings. The van der Waals surface area contributed by atoms with Crippen LogP contribution in [0, 0.1) is 0 Å². The lowest BCUT2D eigenvalue weighted by Crippen LogP contribution is -2.28. The monoisotopic (exact) mass is 419 g/mol. The summed E-state index contributed by atoms with van der Waals surface area (Å²) < 4.78 is 10.9. The predicted octanol–water partition coefficient (Wildman–Crippen LogP) is 4.81.